The molecule has 0 saturated carbocycles. The molecule has 0 aliphatic carbocycles. The lowest BCUT2D eigenvalue weighted by Crippen LogP contribution is -2.12. The summed E-state index contributed by atoms with van der Waals surface area (Å²) >= 11 is 0. The van der Waals surface area contributed by atoms with E-state index < -0.39 is 0 Å². The Balaban J connectivity index is 1.02. The van der Waals surface area contributed by atoms with Gasteiger partial charge in [-0.05, 0) is 81.1 Å². The zero-order valence-electron chi connectivity index (χ0n) is 31.8. The molecule has 1 heterocycles. The fraction of sp³-hybridized carbons (Fsp3) is 0. The van der Waals surface area contributed by atoms with Gasteiger partial charge in [-0.2, -0.15) is 0 Å². The summed E-state index contributed by atoms with van der Waals surface area (Å²) in [4.78, 5) is 2.45. The van der Waals surface area contributed by atoms with Crippen molar-refractivity contribution in [2.45, 2.75) is 0 Å². The molecule has 11 rings (SSSR count). The van der Waals surface area contributed by atoms with Gasteiger partial charge in [0, 0.05) is 32.8 Å². The number of aromatic nitrogens is 1. The molecular weight excluding hydrogens is 701 g/mol. The highest BCUT2D eigenvalue weighted by molar-refractivity contribution is 6.10. The highest BCUT2D eigenvalue weighted by Gasteiger charge is 2.21. The van der Waals surface area contributed by atoms with E-state index in [1.165, 1.54) is 76.7 Å². The van der Waals surface area contributed by atoms with Gasteiger partial charge in [-0.25, -0.2) is 0 Å². The second-order valence-corrected chi connectivity index (χ2v) is 14.9. The Hall–Kier alpha value is -7.68. The Bertz CT molecular complexity index is 3180. The second-order valence-electron chi connectivity index (χ2n) is 14.9. The molecule has 272 valence electrons. The van der Waals surface area contributed by atoms with E-state index in [0.717, 1.165) is 22.7 Å². The second kappa shape index (κ2) is 14.1. The summed E-state index contributed by atoms with van der Waals surface area (Å²) in [5, 5.41) is 7.36. The fourth-order valence-electron chi connectivity index (χ4n) is 8.81. The van der Waals surface area contributed by atoms with Crippen molar-refractivity contribution in [2.24, 2.45) is 0 Å². The maximum Gasteiger partial charge on any atom is 0.0547 e. The summed E-state index contributed by atoms with van der Waals surface area (Å²) in [6.45, 7) is 0. The summed E-state index contributed by atoms with van der Waals surface area (Å²) in [5.74, 6) is 0. The first-order valence-corrected chi connectivity index (χ1v) is 19.9. The number of fused-ring (bicyclic) bond motifs is 5. The molecule has 2 heteroatoms. The summed E-state index contributed by atoms with van der Waals surface area (Å²) in [5.41, 5.74) is 14.1. The van der Waals surface area contributed by atoms with Crippen LogP contribution in [0.15, 0.2) is 231 Å². The molecule has 0 atom stereocenters. The van der Waals surface area contributed by atoms with Gasteiger partial charge in [-0.1, -0.05) is 188 Å². The number of hydrogen-bond acceptors (Lipinski definition) is 1. The van der Waals surface area contributed by atoms with Crippen LogP contribution in [0, 0.1) is 0 Å². The molecule has 0 aliphatic heterocycles. The number of rotatable bonds is 7. The van der Waals surface area contributed by atoms with Crippen molar-refractivity contribution in [1.29, 1.82) is 0 Å². The van der Waals surface area contributed by atoms with E-state index in [2.05, 4.69) is 240 Å². The van der Waals surface area contributed by atoms with Gasteiger partial charge >= 0.3 is 0 Å². The molecule has 58 heavy (non-hydrogen) atoms. The minimum atomic E-state index is 1.13. The highest BCUT2D eigenvalue weighted by atomic mass is 15.1. The van der Waals surface area contributed by atoms with Crippen LogP contribution in [0.5, 0.6) is 0 Å². The smallest absolute Gasteiger partial charge is 0.0547 e. The van der Waals surface area contributed by atoms with Crippen molar-refractivity contribution >= 4 is 60.4 Å². The molecule has 0 aliphatic rings. The normalized spacial score (nSPS) is 11.4. The highest BCUT2D eigenvalue weighted by Crippen LogP contribution is 2.46. The van der Waals surface area contributed by atoms with Crippen LogP contribution in [-0.4, -0.2) is 4.57 Å². The van der Waals surface area contributed by atoms with Crippen LogP contribution in [-0.2, 0) is 0 Å². The van der Waals surface area contributed by atoms with Crippen LogP contribution < -0.4 is 4.90 Å². The average molecular weight is 739 g/mol. The topological polar surface area (TPSA) is 8.17 Å². The number of anilines is 3. The van der Waals surface area contributed by atoms with Gasteiger partial charge < -0.3 is 9.47 Å². The first-order valence-electron chi connectivity index (χ1n) is 19.9. The molecule has 0 saturated heterocycles. The first kappa shape index (κ1) is 33.6. The summed E-state index contributed by atoms with van der Waals surface area (Å²) in [6, 6.07) is 83.7. The Morgan fingerprint density at radius 2 is 0.741 bits per heavy atom. The van der Waals surface area contributed by atoms with Crippen LogP contribution in [0.1, 0.15) is 0 Å². The molecular formula is C56H38N2. The van der Waals surface area contributed by atoms with Gasteiger partial charge in [-0.15, -0.1) is 0 Å². The Kier molecular flexibility index (Phi) is 8.19. The summed E-state index contributed by atoms with van der Waals surface area (Å²) in [6.07, 6.45) is 0. The van der Waals surface area contributed by atoms with Crippen molar-refractivity contribution in [3.63, 3.8) is 0 Å². The van der Waals surface area contributed by atoms with Gasteiger partial charge in [-0.3, -0.25) is 0 Å². The van der Waals surface area contributed by atoms with Crippen LogP contribution in [0.3, 0.4) is 0 Å². The van der Waals surface area contributed by atoms with E-state index in [4.69, 9.17) is 0 Å². The zero-order valence-corrected chi connectivity index (χ0v) is 31.8. The van der Waals surface area contributed by atoms with Crippen molar-refractivity contribution in [1.82, 2.24) is 4.57 Å². The molecule has 10 aromatic carbocycles. The van der Waals surface area contributed by atoms with Gasteiger partial charge in [0.1, 0.15) is 0 Å². The van der Waals surface area contributed by atoms with Crippen LogP contribution in [0.2, 0.25) is 0 Å². The van der Waals surface area contributed by atoms with E-state index >= 15 is 0 Å². The Morgan fingerprint density at radius 1 is 0.276 bits per heavy atom. The molecule has 0 fully saturated rings. The predicted octanol–water partition coefficient (Wildman–Crippen LogP) is 15.6. The van der Waals surface area contributed by atoms with Crippen LogP contribution in [0.25, 0.3) is 82.4 Å². The lowest BCUT2D eigenvalue weighted by atomic mass is 9.97. The van der Waals surface area contributed by atoms with Crippen LogP contribution >= 0.6 is 0 Å². The Morgan fingerprint density at radius 3 is 1.45 bits per heavy atom. The molecule has 1 aromatic heterocycles. The van der Waals surface area contributed by atoms with Crippen molar-refractivity contribution < 1.29 is 0 Å². The average Bonchev–Trinajstić information content (AvgIpc) is 3.63. The minimum Gasteiger partial charge on any atom is -0.309 e. The van der Waals surface area contributed by atoms with E-state index in [1.807, 2.05) is 0 Å². The molecule has 0 radical (unpaired) electrons. The quantitative estimate of drug-likeness (QED) is 0.158. The largest absolute Gasteiger partial charge is 0.309 e. The lowest BCUT2D eigenvalue weighted by molar-refractivity contribution is 1.18. The third-order valence-corrected chi connectivity index (χ3v) is 11.6. The van der Waals surface area contributed by atoms with E-state index in [1.54, 1.807) is 0 Å². The minimum absolute atomic E-state index is 1.13. The maximum atomic E-state index is 2.45. The standard InChI is InChI=1S/C56H38N2/c1-2-14-39(15-3-1)40-32-35-46(36-33-40)57-55-25-11-9-23-50(55)51-37-34-45(38-56(51)57)41-28-30-44(31-29-41)49-22-8-10-24-52(49)58(53-26-12-18-42-16-4-6-20-47(42)53)54-27-13-19-43-17-5-7-21-48(43)54/h1-38H. The molecule has 11 aromatic rings. The lowest BCUT2D eigenvalue weighted by Gasteiger charge is -2.30. The summed E-state index contributed by atoms with van der Waals surface area (Å²) in [7, 11) is 0. The van der Waals surface area contributed by atoms with Gasteiger partial charge in [0.05, 0.1) is 28.1 Å². The Labute approximate surface area is 338 Å². The number of para-hydroxylation sites is 2. The zero-order chi connectivity index (χ0) is 38.4. The van der Waals surface area contributed by atoms with Crippen molar-refractivity contribution in [3.05, 3.63) is 231 Å². The maximum absolute atomic E-state index is 2.45. The molecule has 0 amide bonds. The molecule has 0 N–H and O–H groups in total. The SMILES string of the molecule is c1ccc(-c2ccc(-n3c4ccccc4c4ccc(-c5ccc(-c6ccccc6N(c6cccc7ccccc67)c6cccc7ccccc67)cc5)cc43)cc2)cc1. The number of nitrogens with zero attached hydrogens (tertiary/aromatic N) is 2. The number of hydrogen-bond donors (Lipinski definition) is 0. The van der Waals surface area contributed by atoms with Crippen molar-refractivity contribution in [2.75, 3.05) is 4.90 Å². The molecule has 0 spiro atoms. The van der Waals surface area contributed by atoms with E-state index in [-0.39, 0.29) is 0 Å². The van der Waals surface area contributed by atoms with E-state index in [9.17, 15) is 0 Å². The predicted molar refractivity (Wildman–Crippen MR) is 247 cm³/mol. The first-order chi connectivity index (χ1) is 28.8. The van der Waals surface area contributed by atoms with Gasteiger partial charge in [0.2, 0.25) is 0 Å². The molecule has 0 bridgehead atoms. The van der Waals surface area contributed by atoms with E-state index in [0.29, 0.717) is 0 Å². The van der Waals surface area contributed by atoms with Crippen molar-refractivity contribution in [3.8, 4) is 39.1 Å². The number of benzene rings is 10. The third-order valence-electron chi connectivity index (χ3n) is 11.6. The van der Waals surface area contributed by atoms with Crippen LogP contribution in [0.4, 0.5) is 17.1 Å². The molecule has 0 unspecified atom stereocenters. The monoisotopic (exact) mass is 738 g/mol. The third kappa shape index (κ3) is 5.74. The van der Waals surface area contributed by atoms with Gasteiger partial charge in [0.15, 0.2) is 0 Å². The molecule has 2 nitrogen and oxygen atoms in total. The van der Waals surface area contributed by atoms with Gasteiger partial charge in [0.25, 0.3) is 0 Å². The fourth-order valence-corrected chi connectivity index (χ4v) is 8.81. The summed E-state index contributed by atoms with van der Waals surface area (Å²) < 4.78 is 2.41.